The van der Waals surface area contributed by atoms with Crippen molar-refractivity contribution in [2.24, 2.45) is 5.73 Å². The zero-order chi connectivity index (χ0) is 13.6. The Morgan fingerprint density at radius 3 is 2.39 bits per heavy atom. The third kappa shape index (κ3) is 4.75. The van der Waals surface area contributed by atoms with Gasteiger partial charge in [-0.25, -0.2) is 4.79 Å². The number of carbonyl (C=O) groups is 1. The van der Waals surface area contributed by atoms with Gasteiger partial charge in [-0.05, 0) is 36.1 Å². The fourth-order valence-corrected chi connectivity index (χ4v) is 1.46. The first-order valence-electron chi connectivity index (χ1n) is 6.20. The van der Waals surface area contributed by atoms with E-state index < -0.39 is 6.09 Å². The van der Waals surface area contributed by atoms with Crippen LogP contribution in [0.15, 0.2) is 24.3 Å². The zero-order valence-corrected chi connectivity index (χ0v) is 11.3. The molecule has 3 N–H and O–H groups in total. The highest BCUT2D eigenvalue weighted by Crippen LogP contribution is 2.24. The summed E-state index contributed by atoms with van der Waals surface area (Å²) in [6, 6.07) is 7.57. The number of ether oxygens (including phenoxy) is 1. The fraction of sp³-hybridized carbons (Fsp3) is 0.500. The third-order valence-electron chi connectivity index (χ3n) is 2.58. The topological polar surface area (TPSA) is 64.3 Å². The molecular formula is C14H22N2O2. The van der Waals surface area contributed by atoms with Crippen LogP contribution in [0.3, 0.4) is 0 Å². The highest BCUT2D eigenvalue weighted by Gasteiger charge is 2.13. The van der Waals surface area contributed by atoms with Crippen LogP contribution in [0.1, 0.15) is 32.8 Å². The molecule has 100 valence electrons. The predicted octanol–water partition coefficient (Wildman–Crippen LogP) is 2.42. The number of rotatable bonds is 4. The number of carbonyl (C=O) groups excluding carboxylic acids is 1. The van der Waals surface area contributed by atoms with Gasteiger partial charge in [0, 0.05) is 6.54 Å². The Bertz CT molecular complexity index is 380. The molecule has 1 aromatic rings. The Balaban J connectivity index is 2.51. The molecule has 0 atom stereocenters. The van der Waals surface area contributed by atoms with Crippen LogP contribution in [0.25, 0.3) is 0 Å². The largest absolute Gasteiger partial charge is 0.412 e. The fourth-order valence-electron chi connectivity index (χ4n) is 1.46. The van der Waals surface area contributed by atoms with E-state index in [-0.39, 0.29) is 5.41 Å². The summed E-state index contributed by atoms with van der Waals surface area (Å²) >= 11 is 0. The maximum absolute atomic E-state index is 11.4. The van der Waals surface area contributed by atoms with E-state index in [4.69, 9.17) is 10.5 Å². The Labute approximate surface area is 109 Å². The van der Waals surface area contributed by atoms with Gasteiger partial charge < -0.3 is 15.8 Å². The maximum Gasteiger partial charge on any atom is 0.412 e. The molecule has 0 heterocycles. The second-order valence-electron chi connectivity index (χ2n) is 5.23. The molecule has 0 radical (unpaired) electrons. The van der Waals surface area contributed by atoms with Gasteiger partial charge in [0.15, 0.2) is 0 Å². The molecule has 18 heavy (non-hydrogen) atoms. The first-order valence-corrected chi connectivity index (χ1v) is 6.20. The van der Waals surface area contributed by atoms with Crippen molar-refractivity contribution in [3.05, 3.63) is 29.8 Å². The molecule has 1 aromatic carbocycles. The minimum absolute atomic E-state index is 0.0991. The molecule has 0 fully saturated rings. The summed E-state index contributed by atoms with van der Waals surface area (Å²) in [7, 11) is 0. The normalized spacial score (nSPS) is 11.1. The van der Waals surface area contributed by atoms with E-state index in [9.17, 15) is 4.79 Å². The Kier molecular flexibility index (Phi) is 5.16. The molecule has 4 heteroatoms. The highest BCUT2D eigenvalue weighted by atomic mass is 16.5. The summed E-state index contributed by atoms with van der Waals surface area (Å²) in [5, 5.41) is 2.64. The number of amides is 1. The lowest BCUT2D eigenvalue weighted by molar-refractivity contribution is 0.200. The van der Waals surface area contributed by atoms with Crippen LogP contribution in [0.2, 0.25) is 0 Å². The van der Waals surface area contributed by atoms with E-state index in [0.29, 0.717) is 18.8 Å². The predicted molar refractivity (Wildman–Crippen MR) is 72.8 cm³/mol. The van der Waals surface area contributed by atoms with Crippen LogP contribution in [0.5, 0.6) is 5.75 Å². The standard InChI is InChI=1S/C14H22N2O2/c1-14(2,3)11-5-7-12(8-6-11)18-13(17)16-10-4-9-15/h5-8H,4,9-10,15H2,1-3H3,(H,16,17). The van der Waals surface area contributed by atoms with Crippen molar-refractivity contribution in [1.29, 1.82) is 0 Å². The summed E-state index contributed by atoms with van der Waals surface area (Å²) < 4.78 is 5.14. The molecule has 1 amide bonds. The van der Waals surface area contributed by atoms with Gasteiger partial charge in [0.1, 0.15) is 5.75 Å². The summed E-state index contributed by atoms with van der Waals surface area (Å²) in [4.78, 5) is 11.4. The molecule has 0 unspecified atom stereocenters. The van der Waals surface area contributed by atoms with Crippen LogP contribution in [-0.2, 0) is 5.41 Å². The van der Waals surface area contributed by atoms with Gasteiger partial charge in [-0.1, -0.05) is 32.9 Å². The molecule has 0 saturated heterocycles. The summed E-state index contributed by atoms with van der Waals surface area (Å²) in [6.45, 7) is 7.52. The van der Waals surface area contributed by atoms with E-state index >= 15 is 0 Å². The Morgan fingerprint density at radius 1 is 1.28 bits per heavy atom. The van der Waals surface area contributed by atoms with E-state index in [1.807, 2.05) is 24.3 Å². The monoisotopic (exact) mass is 250 g/mol. The average Bonchev–Trinajstić information content (AvgIpc) is 2.29. The van der Waals surface area contributed by atoms with Crippen molar-refractivity contribution in [1.82, 2.24) is 5.32 Å². The van der Waals surface area contributed by atoms with Crippen LogP contribution in [0, 0.1) is 0 Å². The van der Waals surface area contributed by atoms with Crippen molar-refractivity contribution in [3.63, 3.8) is 0 Å². The van der Waals surface area contributed by atoms with Gasteiger partial charge in [0.25, 0.3) is 0 Å². The molecule has 0 saturated carbocycles. The van der Waals surface area contributed by atoms with Crippen LogP contribution in [0.4, 0.5) is 4.79 Å². The van der Waals surface area contributed by atoms with E-state index in [1.165, 1.54) is 5.56 Å². The van der Waals surface area contributed by atoms with E-state index in [0.717, 1.165) is 6.42 Å². The number of nitrogens with two attached hydrogens (primary N) is 1. The minimum atomic E-state index is -0.438. The quantitative estimate of drug-likeness (QED) is 0.807. The zero-order valence-electron chi connectivity index (χ0n) is 11.3. The lowest BCUT2D eigenvalue weighted by Gasteiger charge is -2.19. The first kappa shape index (κ1) is 14.5. The minimum Gasteiger partial charge on any atom is -0.410 e. The van der Waals surface area contributed by atoms with E-state index in [1.54, 1.807) is 0 Å². The third-order valence-corrected chi connectivity index (χ3v) is 2.58. The van der Waals surface area contributed by atoms with Crippen molar-refractivity contribution < 1.29 is 9.53 Å². The lowest BCUT2D eigenvalue weighted by Crippen LogP contribution is -2.28. The molecule has 0 aliphatic rings. The second-order valence-corrected chi connectivity index (χ2v) is 5.23. The molecule has 0 bridgehead atoms. The smallest absolute Gasteiger partial charge is 0.410 e. The molecule has 4 nitrogen and oxygen atoms in total. The van der Waals surface area contributed by atoms with Crippen LogP contribution >= 0.6 is 0 Å². The SMILES string of the molecule is CC(C)(C)c1ccc(OC(=O)NCCCN)cc1. The van der Waals surface area contributed by atoms with Crippen LogP contribution in [-0.4, -0.2) is 19.2 Å². The summed E-state index contributed by atoms with van der Waals surface area (Å²) in [5.41, 5.74) is 6.64. The molecular weight excluding hydrogens is 228 g/mol. The summed E-state index contributed by atoms with van der Waals surface area (Å²) in [6.07, 6.45) is 0.310. The van der Waals surface area contributed by atoms with Gasteiger partial charge in [0.2, 0.25) is 0 Å². The average molecular weight is 250 g/mol. The van der Waals surface area contributed by atoms with E-state index in [2.05, 4.69) is 26.1 Å². The number of hydrogen-bond donors (Lipinski definition) is 2. The van der Waals surface area contributed by atoms with Gasteiger partial charge in [-0.2, -0.15) is 0 Å². The van der Waals surface area contributed by atoms with Gasteiger partial charge in [0.05, 0.1) is 0 Å². The number of hydrogen-bond acceptors (Lipinski definition) is 3. The molecule has 0 aliphatic carbocycles. The molecule has 1 rings (SSSR count). The maximum atomic E-state index is 11.4. The van der Waals surface area contributed by atoms with Crippen molar-refractivity contribution in [3.8, 4) is 5.75 Å². The molecule has 0 aromatic heterocycles. The number of nitrogens with one attached hydrogen (secondary N) is 1. The Morgan fingerprint density at radius 2 is 1.89 bits per heavy atom. The second kappa shape index (κ2) is 6.40. The first-order chi connectivity index (χ1) is 8.43. The van der Waals surface area contributed by atoms with Gasteiger partial charge in [-0.3, -0.25) is 0 Å². The van der Waals surface area contributed by atoms with Gasteiger partial charge in [-0.15, -0.1) is 0 Å². The molecule has 0 spiro atoms. The van der Waals surface area contributed by atoms with Crippen molar-refractivity contribution in [2.75, 3.05) is 13.1 Å². The van der Waals surface area contributed by atoms with Crippen molar-refractivity contribution in [2.45, 2.75) is 32.6 Å². The Hall–Kier alpha value is -1.55. The van der Waals surface area contributed by atoms with Crippen LogP contribution < -0.4 is 15.8 Å². The molecule has 0 aliphatic heterocycles. The number of benzene rings is 1. The lowest BCUT2D eigenvalue weighted by atomic mass is 9.87. The summed E-state index contributed by atoms with van der Waals surface area (Å²) in [5.74, 6) is 0.549. The van der Waals surface area contributed by atoms with Crippen molar-refractivity contribution >= 4 is 6.09 Å². The van der Waals surface area contributed by atoms with Gasteiger partial charge >= 0.3 is 6.09 Å². The highest BCUT2D eigenvalue weighted by molar-refractivity contribution is 5.70.